The Morgan fingerprint density at radius 2 is 1.64 bits per heavy atom. The van der Waals surface area contributed by atoms with E-state index in [-0.39, 0.29) is 0 Å². The Labute approximate surface area is 171 Å². The predicted molar refractivity (Wildman–Crippen MR) is 117 cm³/mol. The Hall–Kier alpha value is -1.34. The second-order valence-electron chi connectivity index (χ2n) is 8.65. The summed E-state index contributed by atoms with van der Waals surface area (Å²) in [6.07, 6.45) is 3.42. The molecule has 0 radical (unpaired) electrons. The molecule has 0 atom stereocenters. The topological polar surface area (TPSA) is 63.2 Å². The molecule has 1 aliphatic carbocycles. The third-order valence-electron chi connectivity index (χ3n) is 6.07. The molecular formula is C21H42N6O. The predicted octanol–water partition coefficient (Wildman–Crippen LogP) is 1.21. The number of nitrogens with zero attached hydrogens (tertiary/aromatic N) is 4. The molecular weight excluding hydrogens is 352 g/mol. The van der Waals surface area contributed by atoms with Crippen molar-refractivity contribution in [1.29, 1.82) is 0 Å². The monoisotopic (exact) mass is 394 g/mol. The number of guanidine groups is 1. The minimum Gasteiger partial charge on any atom is -0.355 e. The number of rotatable bonds is 9. The fourth-order valence-corrected chi connectivity index (χ4v) is 4.07. The zero-order valence-electron chi connectivity index (χ0n) is 18.7. The lowest BCUT2D eigenvalue weighted by atomic mass is 9.84. The Kier molecular flexibility index (Phi) is 9.51. The normalized spacial score (nSPS) is 19.4. The molecule has 1 aliphatic heterocycles. The minimum atomic E-state index is 0.324. The van der Waals surface area contributed by atoms with E-state index in [2.05, 4.69) is 58.0 Å². The molecule has 2 aliphatic rings. The zero-order chi connectivity index (χ0) is 20.5. The van der Waals surface area contributed by atoms with Gasteiger partial charge in [-0.25, -0.2) is 0 Å². The Bertz CT molecular complexity index is 487. The van der Waals surface area contributed by atoms with Gasteiger partial charge in [0.15, 0.2) is 5.96 Å². The quantitative estimate of drug-likeness (QED) is 0.455. The molecule has 0 aromatic heterocycles. The molecule has 0 bridgehead atoms. The van der Waals surface area contributed by atoms with Crippen molar-refractivity contribution in [2.24, 2.45) is 10.9 Å². The van der Waals surface area contributed by atoms with Gasteiger partial charge in [-0.15, -0.1) is 0 Å². The van der Waals surface area contributed by atoms with Crippen LogP contribution in [0.15, 0.2) is 4.99 Å². The van der Waals surface area contributed by atoms with Gasteiger partial charge in [0.2, 0.25) is 5.91 Å². The molecule has 0 aromatic rings. The van der Waals surface area contributed by atoms with Crippen molar-refractivity contribution in [3.8, 4) is 0 Å². The molecule has 28 heavy (non-hydrogen) atoms. The fraction of sp³-hybridized carbons (Fsp3) is 0.905. The van der Waals surface area contributed by atoms with Crippen molar-refractivity contribution in [3.05, 3.63) is 0 Å². The van der Waals surface area contributed by atoms with E-state index in [1.165, 1.54) is 6.42 Å². The van der Waals surface area contributed by atoms with Gasteiger partial charge in [-0.2, -0.15) is 0 Å². The van der Waals surface area contributed by atoms with E-state index in [1.807, 2.05) is 7.05 Å². The highest BCUT2D eigenvalue weighted by atomic mass is 16.2. The first kappa shape index (κ1) is 22.9. The van der Waals surface area contributed by atoms with E-state index in [0.717, 1.165) is 71.2 Å². The van der Waals surface area contributed by atoms with Gasteiger partial charge in [0.05, 0.1) is 0 Å². The van der Waals surface area contributed by atoms with Crippen molar-refractivity contribution in [2.75, 3.05) is 59.4 Å². The number of carbonyl (C=O) groups is 1. The summed E-state index contributed by atoms with van der Waals surface area (Å²) < 4.78 is 0. The molecule has 0 unspecified atom stereocenters. The molecule has 1 heterocycles. The Balaban J connectivity index is 1.59. The van der Waals surface area contributed by atoms with Crippen LogP contribution in [-0.4, -0.2) is 98.1 Å². The molecule has 2 fully saturated rings. The van der Waals surface area contributed by atoms with Crippen molar-refractivity contribution < 1.29 is 4.79 Å². The standard InChI is InChI=1S/C21H42N6O/c1-17(2)27(18(3)4)12-10-24-21(22-5)23-9-11-25-13-15-26(16-14-25)20(28)19-7-6-8-19/h17-19H,6-16H2,1-5H3,(H2,22,23,24). The summed E-state index contributed by atoms with van der Waals surface area (Å²) in [7, 11) is 1.82. The Morgan fingerprint density at radius 3 is 2.14 bits per heavy atom. The lowest BCUT2D eigenvalue weighted by Gasteiger charge is -2.38. The van der Waals surface area contributed by atoms with Crippen LogP contribution in [0.5, 0.6) is 0 Å². The molecule has 0 spiro atoms. The van der Waals surface area contributed by atoms with Crippen LogP contribution < -0.4 is 10.6 Å². The maximum atomic E-state index is 12.3. The van der Waals surface area contributed by atoms with E-state index >= 15 is 0 Å². The summed E-state index contributed by atoms with van der Waals surface area (Å²) in [6, 6.07) is 1.10. The second kappa shape index (κ2) is 11.6. The molecule has 1 saturated carbocycles. The average molecular weight is 395 g/mol. The van der Waals surface area contributed by atoms with Gasteiger partial charge in [-0.1, -0.05) is 6.42 Å². The van der Waals surface area contributed by atoms with Gasteiger partial charge in [0.25, 0.3) is 0 Å². The third-order valence-corrected chi connectivity index (χ3v) is 6.07. The van der Waals surface area contributed by atoms with Gasteiger partial charge < -0.3 is 15.5 Å². The number of carbonyl (C=O) groups excluding carboxylic acids is 1. The van der Waals surface area contributed by atoms with Crippen LogP contribution in [-0.2, 0) is 4.79 Å². The highest BCUT2D eigenvalue weighted by Crippen LogP contribution is 2.28. The second-order valence-corrected chi connectivity index (χ2v) is 8.65. The van der Waals surface area contributed by atoms with Gasteiger partial charge in [0.1, 0.15) is 0 Å². The molecule has 1 amide bonds. The Morgan fingerprint density at radius 1 is 1.04 bits per heavy atom. The van der Waals surface area contributed by atoms with Crippen LogP contribution >= 0.6 is 0 Å². The van der Waals surface area contributed by atoms with Crippen molar-refractivity contribution in [3.63, 3.8) is 0 Å². The molecule has 2 N–H and O–H groups in total. The number of nitrogens with one attached hydrogen (secondary N) is 2. The zero-order valence-corrected chi connectivity index (χ0v) is 18.7. The number of hydrogen-bond acceptors (Lipinski definition) is 4. The molecule has 1 saturated heterocycles. The summed E-state index contributed by atoms with van der Waals surface area (Å²) >= 11 is 0. The van der Waals surface area contributed by atoms with Gasteiger partial charge in [-0.3, -0.25) is 19.6 Å². The van der Waals surface area contributed by atoms with Gasteiger partial charge in [-0.05, 0) is 40.5 Å². The first-order valence-corrected chi connectivity index (χ1v) is 11.1. The van der Waals surface area contributed by atoms with Crippen molar-refractivity contribution in [2.45, 2.75) is 59.0 Å². The minimum absolute atomic E-state index is 0.324. The molecule has 7 nitrogen and oxygen atoms in total. The smallest absolute Gasteiger partial charge is 0.225 e. The van der Waals surface area contributed by atoms with Crippen LogP contribution in [0.3, 0.4) is 0 Å². The number of amides is 1. The lowest BCUT2D eigenvalue weighted by molar-refractivity contribution is -0.139. The maximum absolute atomic E-state index is 12.3. The lowest BCUT2D eigenvalue weighted by Crippen LogP contribution is -2.52. The highest BCUT2D eigenvalue weighted by molar-refractivity contribution is 5.80. The number of hydrogen-bond donors (Lipinski definition) is 2. The largest absolute Gasteiger partial charge is 0.355 e. The summed E-state index contributed by atoms with van der Waals surface area (Å²) in [4.78, 5) is 23.6. The molecule has 7 heteroatoms. The van der Waals surface area contributed by atoms with Crippen LogP contribution in [0.25, 0.3) is 0 Å². The number of piperazine rings is 1. The summed E-state index contributed by atoms with van der Waals surface area (Å²) in [5, 5.41) is 6.84. The van der Waals surface area contributed by atoms with E-state index in [4.69, 9.17) is 0 Å². The SMILES string of the molecule is CN=C(NCCN1CCN(C(=O)C2CCC2)CC1)NCCN(C(C)C)C(C)C. The molecule has 2 rings (SSSR count). The first-order valence-electron chi connectivity index (χ1n) is 11.1. The first-order chi connectivity index (χ1) is 13.4. The van der Waals surface area contributed by atoms with Gasteiger partial charge >= 0.3 is 0 Å². The van der Waals surface area contributed by atoms with E-state index in [9.17, 15) is 4.79 Å². The summed E-state index contributed by atoms with van der Waals surface area (Å²) in [5.41, 5.74) is 0. The fourth-order valence-electron chi connectivity index (χ4n) is 4.07. The number of aliphatic imine (C=N–C) groups is 1. The van der Waals surface area contributed by atoms with Crippen LogP contribution in [0, 0.1) is 5.92 Å². The van der Waals surface area contributed by atoms with Crippen LogP contribution in [0.4, 0.5) is 0 Å². The van der Waals surface area contributed by atoms with Gasteiger partial charge in [0, 0.05) is 77.4 Å². The van der Waals surface area contributed by atoms with E-state index in [1.54, 1.807) is 0 Å². The van der Waals surface area contributed by atoms with Crippen molar-refractivity contribution in [1.82, 2.24) is 25.3 Å². The van der Waals surface area contributed by atoms with Crippen molar-refractivity contribution >= 4 is 11.9 Å². The highest BCUT2D eigenvalue weighted by Gasteiger charge is 2.30. The summed E-state index contributed by atoms with van der Waals surface area (Å²) in [6.45, 7) is 16.4. The molecule has 0 aromatic carbocycles. The third kappa shape index (κ3) is 6.92. The summed E-state index contributed by atoms with van der Waals surface area (Å²) in [5.74, 6) is 1.58. The van der Waals surface area contributed by atoms with E-state index < -0.39 is 0 Å². The maximum Gasteiger partial charge on any atom is 0.225 e. The average Bonchev–Trinajstić information content (AvgIpc) is 2.62. The van der Waals surface area contributed by atoms with E-state index in [0.29, 0.717) is 23.9 Å². The van der Waals surface area contributed by atoms with Crippen LogP contribution in [0.1, 0.15) is 47.0 Å². The molecule has 162 valence electrons. The van der Waals surface area contributed by atoms with Crippen LogP contribution in [0.2, 0.25) is 0 Å².